The maximum atomic E-state index is 13.7. The Balaban J connectivity index is 1.68. The Morgan fingerprint density at radius 1 is 1.23 bits per heavy atom. The topological polar surface area (TPSA) is 38.8 Å². The van der Waals surface area contributed by atoms with Crippen molar-refractivity contribution in [2.45, 2.75) is 52.1 Å². The van der Waals surface area contributed by atoms with Crippen LogP contribution in [-0.4, -0.2) is 36.3 Å². The molecule has 4 nitrogen and oxygen atoms in total. The monoisotopic (exact) mass is 433 g/mol. The van der Waals surface area contributed by atoms with Crippen molar-refractivity contribution in [2.75, 3.05) is 19.7 Å². The van der Waals surface area contributed by atoms with Gasteiger partial charge in [0.1, 0.15) is 11.4 Å². The molecule has 0 aromatic heterocycles. The molecule has 1 saturated heterocycles. The number of benzene rings is 1. The largest absolute Gasteiger partial charge is 0.490 e. The van der Waals surface area contributed by atoms with Crippen LogP contribution in [0, 0.1) is 17.6 Å². The Labute approximate surface area is 162 Å². The van der Waals surface area contributed by atoms with Gasteiger partial charge in [0.05, 0.1) is 11.1 Å². The van der Waals surface area contributed by atoms with Crippen molar-refractivity contribution in [1.29, 1.82) is 0 Å². The van der Waals surface area contributed by atoms with E-state index in [0.717, 1.165) is 37.8 Å². The van der Waals surface area contributed by atoms with Crippen LogP contribution in [0.5, 0.6) is 5.75 Å². The first-order chi connectivity index (χ1) is 12.2. The van der Waals surface area contributed by atoms with Crippen molar-refractivity contribution in [2.24, 2.45) is 5.92 Å². The Morgan fingerprint density at radius 2 is 1.88 bits per heavy atom. The minimum absolute atomic E-state index is 0.0644. The fourth-order valence-electron chi connectivity index (χ4n) is 2.90. The van der Waals surface area contributed by atoms with Crippen LogP contribution < -0.4 is 4.74 Å². The van der Waals surface area contributed by atoms with E-state index < -0.39 is 17.2 Å². The number of hydrogen-bond acceptors (Lipinski definition) is 3. The molecule has 0 N–H and O–H groups in total. The van der Waals surface area contributed by atoms with Gasteiger partial charge in [0, 0.05) is 19.2 Å². The number of piperidine rings is 1. The number of carbonyl (C=O) groups is 1. The lowest BCUT2D eigenvalue weighted by atomic mass is 9.92. The van der Waals surface area contributed by atoms with Crippen molar-refractivity contribution in [1.82, 2.24) is 4.90 Å². The minimum atomic E-state index is -0.580. The molecule has 0 bridgehead atoms. The molecule has 0 unspecified atom stereocenters. The van der Waals surface area contributed by atoms with Crippen LogP contribution in [0.4, 0.5) is 13.6 Å². The van der Waals surface area contributed by atoms with Crippen molar-refractivity contribution < 1.29 is 23.0 Å². The lowest BCUT2D eigenvalue weighted by Crippen LogP contribution is -2.41. The van der Waals surface area contributed by atoms with Crippen molar-refractivity contribution in [3.63, 3.8) is 0 Å². The summed E-state index contributed by atoms with van der Waals surface area (Å²) in [6.45, 7) is 7.29. The Kier molecular flexibility index (Phi) is 7.26. The molecule has 1 heterocycles. The van der Waals surface area contributed by atoms with E-state index in [1.54, 1.807) is 4.90 Å². The fraction of sp³-hybridized carbons (Fsp3) is 0.632. The minimum Gasteiger partial charge on any atom is -0.490 e. The van der Waals surface area contributed by atoms with E-state index in [4.69, 9.17) is 9.47 Å². The van der Waals surface area contributed by atoms with Crippen LogP contribution in [0.15, 0.2) is 16.6 Å². The van der Waals surface area contributed by atoms with Gasteiger partial charge in [-0.25, -0.2) is 13.6 Å². The summed E-state index contributed by atoms with van der Waals surface area (Å²) in [4.78, 5) is 13.8. The van der Waals surface area contributed by atoms with E-state index in [2.05, 4.69) is 15.9 Å². The van der Waals surface area contributed by atoms with Gasteiger partial charge in [-0.15, -0.1) is 0 Å². The van der Waals surface area contributed by atoms with Crippen molar-refractivity contribution in [3.8, 4) is 5.75 Å². The summed E-state index contributed by atoms with van der Waals surface area (Å²) in [5.41, 5.74) is -0.479. The summed E-state index contributed by atoms with van der Waals surface area (Å²) in [5.74, 6) is -0.686. The molecule has 0 atom stereocenters. The summed E-state index contributed by atoms with van der Waals surface area (Å²) in [7, 11) is 0. The molecule has 7 heteroatoms. The lowest BCUT2D eigenvalue weighted by Gasteiger charge is -2.33. The molecule has 1 aliphatic rings. The highest BCUT2D eigenvalue weighted by atomic mass is 79.9. The predicted octanol–water partition coefficient (Wildman–Crippen LogP) is 5.53. The fourth-order valence-corrected chi connectivity index (χ4v) is 3.22. The first-order valence-electron chi connectivity index (χ1n) is 8.91. The Morgan fingerprint density at radius 3 is 2.50 bits per heavy atom. The number of ether oxygens (including phenoxy) is 2. The summed E-state index contributed by atoms with van der Waals surface area (Å²) >= 11 is 2.94. The predicted molar refractivity (Wildman–Crippen MR) is 99.3 cm³/mol. The molecule has 2 rings (SSSR count). The van der Waals surface area contributed by atoms with Crippen LogP contribution >= 0.6 is 15.9 Å². The van der Waals surface area contributed by atoms with Crippen LogP contribution in [0.1, 0.15) is 46.5 Å². The van der Waals surface area contributed by atoms with E-state index in [9.17, 15) is 13.6 Å². The molecule has 1 aliphatic heterocycles. The zero-order valence-corrected chi connectivity index (χ0v) is 17.1. The number of carbonyl (C=O) groups excluding carboxylic acids is 1. The van der Waals surface area contributed by atoms with E-state index in [-0.39, 0.29) is 16.3 Å². The molecule has 1 fully saturated rings. The van der Waals surface area contributed by atoms with Gasteiger partial charge in [0.2, 0.25) is 0 Å². The molecule has 1 aromatic rings. The number of halogens is 3. The summed E-state index contributed by atoms with van der Waals surface area (Å²) < 4.78 is 37.9. The van der Waals surface area contributed by atoms with Gasteiger partial charge < -0.3 is 14.4 Å². The van der Waals surface area contributed by atoms with Gasteiger partial charge in [-0.05, 0) is 74.4 Å². The third-order valence-electron chi connectivity index (χ3n) is 4.26. The second-order valence-electron chi connectivity index (χ2n) is 7.60. The summed E-state index contributed by atoms with van der Waals surface area (Å²) in [5, 5.41) is 0. The summed E-state index contributed by atoms with van der Waals surface area (Å²) in [6.07, 6.45) is 3.27. The van der Waals surface area contributed by atoms with E-state index in [1.165, 1.54) is 0 Å². The second-order valence-corrected chi connectivity index (χ2v) is 8.45. The molecular formula is C19H26BrF2NO3. The van der Waals surface area contributed by atoms with Gasteiger partial charge in [0.25, 0.3) is 0 Å². The number of likely N-dealkylation sites (tertiary alicyclic amines) is 1. The number of rotatable bonds is 5. The average Bonchev–Trinajstić information content (AvgIpc) is 2.55. The molecule has 0 radical (unpaired) electrons. The van der Waals surface area contributed by atoms with Crippen LogP contribution in [0.3, 0.4) is 0 Å². The maximum absolute atomic E-state index is 13.7. The van der Waals surface area contributed by atoms with Gasteiger partial charge >= 0.3 is 6.09 Å². The zero-order valence-electron chi connectivity index (χ0n) is 15.5. The van der Waals surface area contributed by atoms with Crippen LogP contribution in [0.2, 0.25) is 0 Å². The molecule has 0 spiro atoms. The Bertz CT molecular complexity index is 626. The maximum Gasteiger partial charge on any atom is 0.410 e. The average molecular weight is 434 g/mol. The number of amides is 1. The van der Waals surface area contributed by atoms with Gasteiger partial charge in [0.15, 0.2) is 11.6 Å². The van der Waals surface area contributed by atoms with Gasteiger partial charge in [-0.2, -0.15) is 0 Å². The third kappa shape index (κ3) is 6.41. The van der Waals surface area contributed by atoms with Gasteiger partial charge in [-0.1, -0.05) is 0 Å². The van der Waals surface area contributed by atoms with Crippen LogP contribution in [0.25, 0.3) is 0 Å². The first-order valence-corrected chi connectivity index (χ1v) is 9.70. The van der Waals surface area contributed by atoms with Crippen LogP contribution in [-0.2, 0) is 4.74 Å². The molecule has 1 amide bonds. The molecule has 26 heavy (non-hydrogen) atoms. The SMILES string of the molecule is CC(C)(C)OC(=O)N1CCC(CCCOc2cc(F)c(Br)cc2F)CC1. The third-order valence-corrected chi connectivity index (χ3v) is 4.86. The molecule has 146 valence electrons. The zero-order chi connectivity index (χ0) is 19.3. The standard InChI is InChI=1S/C19H26BrF2NO3/c1-19(2,3)26-18(24)23-8-6-13(7-9-23)5-4-10-25-17-12-15(21)14(20)11-16(17)22/h11-13H,4-10H2,1-3H3. The smallest absolute Gasteiger partial charge is 0.410 e. The summed E-state index contributed by atoms with van der Waals surface area (Å²) in [6, 6.07) is 2.12. The Hall–Kier alpha value is -1.37. The molecule has 0 saturated carbocycles. The van der Waals surface area contributed by atoms with Crippen molar-refractivity contribution in [3.05, 3.63) is 28.2 Å². The second kappa shape index (κ2) is 9.02. The van der Waals surface area contributed by atoms with E-state index in [1.807, 2.05) is 20.8 Å². The molecule has 1 aromatic carbocycles. The quantitative estimate of drug-likeness (QED) is 0.452. The van der Waals surface area contributed by atoms with Crippen molar-refractivity contribution >= 4 is 22.0 Å². The number of hydrogen-bond donors (Lipinski definition) is 0. The molecular weight excluding hydrogens is 408 g/mol. The first kappa shape index (κ1) is 20.9. The highest BCUT2D eigenvalue weighted by molar-refractivity contribution is 9.10. The molecule has 0 aliphatic carbocycles. The normalized spacial score (nSPS) is 15.8. The van der Waals surface area contributed by atoms with Gasteiger partial charge in [-0.3, -0.25) is 0 Å². The lowest BCUT2D eigenvalue weighted by molar-refractivity contribution is 0.0179. The van der Waals surface area contributed by atoms with E-state index in [0.29, 0.717) is 25.6 Å². The highest BCUT2D eigenvalue weighted by Gasteiger charge is 2.26. The van der Waals surface area contributed by atoms with E-state index >= 15 is 0 Å². The highest BCUT2D eigenvalue weighted by Crippen LogP contribution is 2.26. The number of nitrogens with zero attached hydrogens (tertiary/aromatic N) is 1.